The van der Waals surface area contributed by atoms with Gasteiger partial charge in [0.25, 0.3) is 0 Å². The van der Waals surface area contributed by atoms with Crippen molar-refractivity contribution in [2.75, 3.05) is 0 Å². The number of hydrogen-bond donors (Lipinski definition) is 1. The number of carbonyl (C=O) groups is 3. The highest BCUT2D eigenvalue weighted by atomic mass is 35.5. The highest BCUT2D eigenvalue weighted by molar-refractivity contribution is 6.47. The van der Waals surface area contributed by atoms with Gasteiger partial charge in [0.05, 0.1) is 11.0 Å². The second-order valence-corrected chi connectivity index (χ2v) is 6.83. The van der Waals surface area contributed by atoms with E-state index in [0.717, 1.165) is 18.4 Å². The molecule has 0 bridgehead atoms. The molecule has 0 heterocycles. The summed E-state index contributed by atoms with van der Waals surface area (Å²) in [6.07, 6.45) is 7.31. The molecule has 4 nitrogen and oxygen atoms in total. The van der Waals surface area contributed by atoms with Crippen LogP contribution in [0.1, 0.15) is 44.1 Å². The first-order valence-corrected chi connectivity index (χ1v) is 9.27. The molecule has 5 heteroatoms. The molecule has 1 atom stereocenters. The quantitative estimate of drug-likeness (QED) is 0.484. The molecule has 0 aliphatic heterocycles. The number of benzene rings is 1. The molecule has 2 rings (SSSR count). The second-order valence-electron chi connectivity index (χ2n) is 6.43. The van der Waals surface area contributed by atoms with Crippen LogP contribution in [-0.4, -0.2) is 22.6 Å². The van der Waals surface area contributed by atoms with E-state index in [1.54, 1.807) is 12.2 Å². The predicted octanol–water partition coefficient (Wildman–Crippen LogP) is 4.47. The summed E-state index contributed by atoms with van der Waals surface area (Å²) in [5, 5.41) is 8.73. The molecule has 0 aromatic heterocycles. The number of carbonyl (C=O) groups excluding carboxylic acids is 2. The van der Waals surface area contributed by atoms with Crippen LogP contribution in [0.25, 0.3) is 0 Å². The minimum Gasteiger partial charge on any atom is -0.481 e. The maximum atomic E-state index is 12.6. The number of aliphatic carboxylic acids is 1. The largest absolute Gasteiger partial charge is 0.481 e. The molecule has 138 valence electrons. The molecular weight excluding hydrogens is 352 g/mol. The van der Waals surface area contributed by atoms with Crippen molar-refractivity contribution in [3.63, 3.8) is 0 Å². The van der Waals surface area contributed by atoms with Crippen LogP contribution in [0.2, 0.25) is 0 Å². The smallest absolute Gasteiger partial charge is 0.303 e. The number of unbranched alkanes of at least 4 members (excludes halogenated alkanes) is 3. The van der Waals surface area contributed by atoms with Crippen molar-refractivity contribution in [3.8, 4) is 0 Å². The zero-order chi connectivity index (χ0) is 18.9. The van der Waals surface area contributed by atoms with Gasteiger partial charge in [-0.2, -0.15) is 0 Å². The summed E-state index contributed by atoms with van der Waals surface area (Å²) in [7, 11) is 0. The molecule has 1 unspecified atom stereocenters. The van der Waals surface area contributed by atoms with Crippen molar-refractivity contribution in [2.45, 2.75) is 44.9 Å². The summed E-state index contributed by atoms with van der Waals surface area (Å²) in [4.78, 5) is 35.3. The number of hydrogen-bond acceptors (Lipinski definition) is 3. The van der Waals surface area contributed by atoms with Gasteiger partial charge in [0.2, 0.25) is 5.78 Å². The number of aryl methyl sites for hydroxylation is 1. The van der Waals surface area contributed by atoms with Gasteiger partial charge in [0.15, 0.2) is 0 Å². The maximum Gasteiger partial charge on any atom is 0.303 e. The van der Waals surface area contributed by atoms with Crippen LogP contribution < -0.4 is 0 Å². The molecule has 0 saturated carbocycles. The van der Waals surface area contributed by atoms with Crippen LogP contribution in [0.5, 0.6) is 0 Å². The summed E-state index contributed by atoms with van der Waals surface area (Å²) >= 11 is 5.96. The number of carboxylic acids is 1. The average molecular weight is 375 g/mol. The van der Waals surface area contributed by atoms with Crippen LogP contribution in [0.15, 0.2) is 53.1 Å². The normalized spacial score (nSPS) is 18.2. The third-order valence-corrected chi connectivity index (χ3v) is 4.73. The zero-order valence-electron chi connectivity index (χ0n) is 14.6. The molecule has 1 aromatic carbocycles. The van der Waals surface area contributed by atoms with E-state index in [1.807, 2.05) is 30.3 Å². The van der Waals surface area contributed by atoms with E-state index in [-0.39, 0.29) is 23.0 Å². The lowest BCUT2D eigenvalue weighted by Crippen LogP contribution is -2.15. The van der Waals surface area contributed by atoms with Crippen molar-refractivity contribution in [1.82, 2.24) is 0 Å². The molecule has 1 N–H and O–H groups in total. The van der Waals surface area contributed by atoms with Gasteiger partial charge < -0.3 is 5.11 Å². The van der Waals surface area contributed by atoms with E-state index in [1.165, 1.54) is 0 Å². The van der Waals surface area contributed by atoms with Crippen LogP contribution in [0, 0.1) is 5.92 Å². The molecular formula is C21H23ClO4. The molecule has 0 saturated heterocycles. The minimum absolute atomic E-state index is 0.00465. The Hall–Kier alpha value is -2.20. The summed E-state index contributed by atoms with van der Waals surface area (Å²) in [6, 6.07) is 9.76. The highest BCUT2D eigenvalue weighted by Crippen LogP contribution is 2.31. The van der Waals surface area contributed by atoms with Crippen LogP contribution in [-0.2, 0) is 20.8 Å². The maximum absolute atomic E-state index is 12.6. The van der Waals surface area contributed by atoms with E-state index in [9.17, 15) is 14.4 Å². The number of ketones is 2. The zero-order valence-corrected chi connectivity index (χ0v) is 15.4. The monoisotopic (exact) mass is 374 g/mol. The van der Waals surface area contributed by atoms with Crippen molar-refractivity contribution in [2.24, 2.45) is 5.92 Å². The first-order chi connectivity index (χ1) is 12.5. The van der Waals surface area contributed by atoms with Crippen molar-refractivity contribution < 1.29 is 19.5 Å². The fourth-order valence-corrected chi connectivity index (χ4v) is 3.23. The van der Waals surface area contributed by atoms with E-state index in [4.69, 9.17) is 16.7 Å². The van der Waals surface area contributed by atoms with Crippen molar-refractivity contribution >= 4 is 29.1 Å². The van der Waals surface area contributed by atoms with Gasteiger partial charge in [0.1, 0.15) is 5.78 Å². The van der Waals surface area contributed by atoms with Gasteiger partial charge in [-0.25, -0.2) is 0 Å². The Morgan fingerprint density at radius 3 is 2.50 bits per heavy atom. The summed E-state index contributed by atoms with van der Waals surface area (Å²) in [6.45, 7) is 0. The fourth-order valence-electron chi connectivity index (χ4n) is 3.00. The molecule has 1 aliphatic rings. The third-order valence-electron chi connectivity index (χ3n) is 4.44. The van der Waals surface area contributed by atoms with Gasteiger partial charge >= 0.3 is 5.97 Å². The summed E-state index contributed by atoms with van der Waals surface area (Å²) in [5.74, 6) is -1.63. The Bertz CT molecular complexity index is 719. The Morgan fingerprint density at radius 2 is 1.81 bits per heavy atom. The standard InChI is InChI=1S/C21H23ClO4/c22-18-14-17(19(23)13-12-15-8-4-3-5-9-15)16(21(18)26)10-6-1-2-7-11-20(24)25/h3-5,8-10,14,17H,1-2,6-7,11-13H2,(H,24,25). The Labute approximate surface area is 158 Å². The topological polar surface area (TPSA) is 71.4 Å². The third kappa shape index (κ3) is 5.95. The SMILES string of the molecule is O=C(O)CCCCCC=C1C(=O)C(Cl)=CC1C(=O)CCc1ccccc1. The lowest BCUT2D eigenvalue weighted by Gasteiger charge is -2.09. The minimum atomic E-state index is -0.797. The lowest BCUT2D eigenvalue weighted by molar-refractivity contribution is -0.137. The number of allylic oxidation sites excluding steroid dienone is 4. The molecule has 0 spiro atoms. The van der Waals surface area contributed by atoms with Crippen LogP contribution in [0.3, 0.4) is 0 Å². The molecule has 0 amide bonds. The van der Waals surface area contributed by atoms with E-state index in [2.05, 4.69) is 0 Å². The molecule has 1 aliphatic carbocycles. The number of rotatable bonds is 10. The summed E-state index contributed by atoms with van der Waals surface area (Å²) in [5.41, 5.74) is 1.55. The molecule has 0 fully saturated rings. The second kappa shape index (κ2) is 10.1. The van der Waals surface area contributed by atoms with Gasteiger partial charge in [-0.15, -0.1) is 0 Å². The van der Waals surface area contributed by atoms with Gasteiger partial charge in [0, 0.05) is 18.4 Å². The van der Waals surface area contributed by atoms with E-state index in [0.29, 0.717) is 31.3 Å². The number of Topliss-reactive ketones (excluding diaryl/α,β-unsaturated/α-hetero) is 2. The van der Waals surface area contributed by atoms with Gasteiger partial charge in [-0.3, -0.25) is 14.4 Å². The first kappa shape index (κ1) is 20.1. The Kier molecular flexibility index (Phi) is 7.79. The highest BCUT2D eigenvalue weighted by Gasteiger charge is 2.33. The van der Waals surface area contributed by atoms with Crippen LogP contribution in [0.4, 0.5) is 0 Å². The lowest BCUT2D eigenvalue weighted by atomic mass is 9.92. The number of carboxylic acid groups (broad SMARTS) is 1. The molecule has 26 heavy (non-hydrogen) atoms. The van der Waals surface area contributed by atoms with Gasteiger partial charge in [-0.1, -0.05) is 54.4 Å². The molecule has 1 aromatic rings. The van der Waals surface area contributed by atoms with E-state index < -0.39 is 11.9 Å². The fraction of sp³-hybridized carbons (Fsp3) is 0.381. The van der Waals surface area contributed by atoms with Crippen molar-refractivity contribution in [1.29, 1.82) is 0 Å². The van der Waals surface area contributed by atoms with E-state index >= 15 is 0 Å². The molecule has 0 radical (unpaired) electrons. The number of halogens is 1. The first-order valence-electron chi connectivity index (χ1n) is 8.89. The van der Waals surface area contributed by atoms with Gasteiger partial charge in [-0.05, 0) is 37.3 Å². The average Bonchev–Trinajstić information content (AvgIpc) is 2.91. The Balaban J connectivity index is 1.89. The Morgan fingerprint density at radius 1 is 1.08 bits per heavy atom. The predicted molar refractivity (Wildman–Crippen MR) is 101 cm³/mol. The van der Waals surface area contributed by atoms with Crippen LogP contribution >= 0.6 is 11.6 Å². The summed E-state index contributed by atoms with van der Waals surface area (Å²) < 4.78 is 0. The van der Waals surface area contributed by atoms with Crippen molar-refractivity contribution in [3.05, 3.63) is 58.7 Å².